The molecule has 1 saturated heterocycles. The smallest absolute Gasteiger partial charge is 0.126 e. The highest BCUT2D eigenvalue weighted by atomic mass is 32.1. The predicted molar refractivity (Wildman–Crippen MR) is 102 cm³/mol. The van der Waals surface area contributed by atoms with E-state index < -0.39 is 30.5 Å². The number of fused-ring (bicyclic) bond motifs is 1. The normalized spacial score (nSPS) is 28.6. The van der Waals surface area contributed by atoms with Gasteiger partial charge in [0.25, 0.3) is 0 Å². The first-order chi connectivity index (χ1) is 12.9. The summed E-state index contributed by atoms with van der Waals surface area (Å²) in [5, 5.41) is 31.3. The quantitative estimate of drug-likeness (QED) is 0.645. The molecule has 0 spiro atoms. The molecule has 2 aromatic carbocycles. The highest BCUT2D eigenvalue weighted by molar-refractivity contribution is 7.19. The van der Waals surface area contributed by atoms with Crippen LogP contribution in [0.25, 0.3) is 10.1 Å². The van der Waals surface area contributed by atoms with Gasteiger partial charge in [0.1, 0.15) is 30.2 Å². The Kier molecular flexibility index (Phi) is 5.01. The first-order valence-electron chi connectivity index (χ1n) is 8.89. The Morgan fingerprint density at radius 2 is 1.78 bits per heavy atom. The third-order valence-corrected chi connectivity index (χ3v) is 6.21. The van der Waals surface area contributed by atoms with Gasteiger partial charge in [0.15, 0.2) is 0 Å². The number of aliphatic hydroxyl groups is 3. The van der Waals surface area contributed by atoms with Gasteiger partial charge in [-0.1, -0.05) is 24.3 Å². The van der Waals surface area contributed by atoms with Gasteiger partial charge in [-0.05, 0) is 47.7 Å². The van der Waals surface area contributed by atoms with Gasteiger partial charge < -0.3 is 20.1 Å². The number of thiophene rings is 1. The minimum atomic E-state index is -1.31. The largest absolute Gasteiger partial charge is 0.388 e. The van der Waals surface area contributed by atoms with Crippen LogP contribution in [0, 0.1) is 5.82 Å². The Bertz CT molecular complexity index is 923. The predicted octanol–water partition coefficient (Wildman–Crippen LogP) is 3.17. The van der Waals surface area contributed by atoms with Crippen LogP contribution in [0.4, 0.5) is 4.39 Å². The van der Waals surface area contributed by atoms with Crippen LogP contribution >= 0.6 is 11.3 Å². The molecule has 5 unspecified atom stereocenters. The molecule has 142 valence electrons. The van der Waals surface area contributed by atoms with Crippen LogP contribution in [-0.2, 0) is 11.2 Å². The topological polar surface area (TPSA) is 69.9 Å². The van der Waals surface area contributed by atoms with Crippen LogP contribution in [0.2, 0.25) is 0 Å². The standard InChI is InChI=1S/C21H21FO4S/c1-11-18(23)19(24)20(25)21(26-11)13-6-7-16(22)14(8-13)10-15-9-12-4-2-3-5-17(12)27-15/h2-9,11,18-21,23-25H,10H2,1H3. The zero-order valence-corrected chi connectivity index (χ0v) is 15.6. The number of aliphatic hydroxyl groups excluding tert-OH is 3. The molecule has 0 amide bonds. The van der Waals surface area contributed by atoms with Gasteiger partial charge in [-0.15, -0.1) is 11.3 Å². The van der Waals surface area contributed by atoms with E-state index in [0.717, 1.165) is 15.0 Å². The van der Waals surface area contributed by atoms with Crippen molar-refractivity contribution in [3.05, 3.63) is 70.4 Å². The molecule has 1 aromatic heterocycles. The van der Waals surface area contributed by atoms with Gasteiger partial charge in [0, 0.05) is 16.0 Å². The van der Waals surface area contributed by atoms with Crippen molar-refractivity contribution in [2.75, 3.05) is 0 Å². The van der Waals surface area contributed by atoms with Gasteiger partial charge in [0.05, 0.1) is 6.10 Å². The number of ether oxygens (including phenoxy) is 1. The average Bonchev–Trinajstić information content (AvgIpc) is 3.07. The van der Waals surface area contributed by atoms with Gasteiger partial charge in [-0.2, -0.15) is 0 Å². The number of benzene rings is 2. The van der Waals surface area contributed by atoms with E-state index in [1.807, 2.05) is 24.3 Å². The lowest BCUT2D eigenvalue weighted by Gasteiger charge is -2.39. The molecule has 0 saturated carbocycles. The first kappa shape index (κ1) is 18.5. The van der Waals surface area contributed by atoms with Gasteiger partial charge in [-0.25, -0.2) is 4.39 Å². The molecule has 27 heavy (non-hydrogen) atoms. The number of hydrogen-bond donors (Lipinski definition) is 3. The van der Waals surface area contributed by atoms with E-state index in [2.05, 4.69) is 6.07 Å². The van der Waals surface area contributed by atoms with Crippen molar-refractivity contribution in [3.8, 4) is 0 Å². The molecule has 0 radical (unpaired) electrons. The fourth-order valence-corrected chi connectivity index (χ4v) is 4.63. The van der Waals surface area contributed by atoms with E-state index in [0.29, 0.717) is 17.5 Å². The summed E-state index contributed by atoms with van der Waals surface area (Å²) < 4.78 is 21.2. The van der Waals surface area contributed by atoms with Crippen molar-refractivity contribution in [1.29, 1.82) is 0 Å². The van der Waals surface area contributed by atoms with Gasteiger partial charge >= 0.3 is 0 Å². The van der Waals surface area contributed by atoms with E-state index in [4.69, 9.17) is 4.74 Å². The van der Waals surface area contributed by atoms with Crippen LogP contribution in [0.1, 0.15) is 29.0 Å². The van der Waals surface area contributed by atoms with Crippen molar-refractivity contribution in [3.63, 3.8) is 0 Å². The Morgan fingerprint density at radius 3 is 2.56 bits per heavy atom. The number of rotatable bonds is 3. The van der Waals surface area contributed by atoms with E-state index in [1.54, 1.807) is 30.4 Å². The molecule has 1 aliphatic rings. The lowest BCUT2D eigenvalue weighted by atomic mass is 9.90. The zero-order chi connectivity index (χ0) is 19.1. The molecule has 4 nitrogen and oxygen atoms in total. The molecule has 4 rings (SSSR count). The second-order valence-electron chi connectivity index (χ2n) is 7.01. The van der Waals surface area contributed by atoms with Crippen LogP contribution in [0.5, 0.6) is 0 Å². The summed E-state index contributed by atoms with van der Waals surface area (Å²) in [7, 11) is 0. The Labute approximate surface area is 160 Å². The molecule has 2 heterocycles. The zero-order valence-electron chi connectivity index (χ0n) is 14.7. The van der Waals surface area contributed by atoms with Crippen molar-refractivity contribution in [2.24, 2.45) is 0 Å². The minimum Gasteiger partial charge on any atom is -0.388 e. The highest BCUT2D eigenvalue weighted by Crippen LogP contribution is 2.34. The number of hydrogen-bond acceptors (Lipinski definition) is 5. The van der Waals surface area contributed by atoms with Crippen LogP contribution < -0.4 is 0 Å². The van der Waals surface area contributed by atoms with Crippen molar-refractivity contribution in [2.45, 2.75) is 43.9 Å². The molecule has 6 heteroatoms. The Hall–Kier alpha value is -1.83. The van der Waals surface area contributed by atoms with Gasteiger partial charge in [-0.3, -0.25) is 0 Å². The molecule has 1 fully saturated rings. The minimum absolute atomic E-state index is 0.324. The molecular weight excluding hydrogens is 367 g/mol. The summed E-state index contributed by atoms with van der Waals surface area (Å²) in [6, 6.07) is 14.7. The summed E-state index contributed by atoms with van der Waals surface area (Å²) in [4.78, 5) is 1.04. The molecule has 5 atom stereocenters. The van der Waals surface area contributed by atoms with E-state index >= 15 is 0 Å². The summed E-state index contributed by atoms with van der Waals surface area (Å²) in [5.74, 6) is -0.324. The third kappa shape index (κ3) is 3.51. The van der Waals surface area contributed by atoms with Crippen molar-refractivity contribution >= 4 is 21.4 Å². The molecule has 3 N–H and O–H groups in total. The summed E-state index contributed by atoms with van der Waals surface area (Å²) in [6.45, 7) is 1.63. The maximum absolute atomic E-state index is 14.4. The van der Waals surface area contributed by atoms with Crippen LogP contribution in [0.3, 0.4) is 0 Å². The second-order valence-corrected chi connectivity index (χ2v) is 8.18. The maximum atomic E-state index is 14.4. The third-order valence-electron chi connectivity index (χ3n) is 5.09. The fraction of sp³-hybridized carbons (Fsp3) is 0.333. The molecule has 3 aromatic rings. The van der Waals surface area contributed by atoms with Crippen molar-refractivity contribution < 1.29 is 24.4 Å². The lowest BCUT2D eigenvalue weighted by molar-refractivity contribution is -0.219. The lowest BCUT2D eigenvalue weighted by Crippen LogP contribution is -2.53. The molecule has 0 aliphatic carbocycles. The fourth-order valence-electron chi connectivity index (χ4n) is 3.55. The molecular formula is C21H21FO4S. The summed E-state index contributed by atoms with van der Waals surface area (Å²) in [6.07, 6.45) is -4.77. The molecule has 0 bridgehead atoms. The van der Waals surface area contributed by atoms with E-state index in [-0.39, 0.29) is 5.82 Å². The first-order valence-corrected chi connectivity index (χ1v) is 9.71. The Balaban J connectivity index is 1.63. The SMILES string of the molecule is CC1OC(c2ccc(F)c(Cc3cc4ccccc4s3)c2)C(O)C(O)C1O. The summed E-state index contributed by atoms with van der Waals surface area (Å²) in [5.41, 5.74) is 1.08. The van der Waals surface area contributed by atoms with Crippen molar-refractivity contribution in [1.82, 2.24) is 0 Å². The highest BCUT2D eigenvalue weighted by Gasteiger charge is 2.42. The van der Waals surface area contributed by atoms with Crippen LogP contribution in [0.15, 0.2) is 48.5 Å². The second kappa shape index (κ2) is 7.30. The van der Waals surface area contributed by atoms with Gasteiger partial charge in [0.2, 0.25) is 0 Å². The van der Waals surface area contributed by atoms with Crippen LogP contribution in [-0.4, -0.2) is 39.7 Å². The summed E-state index contributed by atoms with van der Waals surface area (Å²) >= 11 is 1.62. The monoisotopic (exact) mass is 388 g/mol. The number of halogens is 1. The van der Waals surface area contributed by atoms with E-state index in [9.17, 15) is 19.7 Å². The van der Waals surface area contributed by atoms with E-state index in [1.165, 1.54) is 6.07 Å². The Morgan fingerprint density at radius 1 is 1.00 bits per heavy atom. The maximum Gasteiger partial charge on any atom is 0.126 e. The average molecular weight is 388 g/mol. The molecule has 1 aliphatic heterocycles.